The minimum absolute atomic E-state index is 0.0266. The Kier molecular flexibility index (Phi) is 7.63. The molecule has 50 heavy (non-hydrogen) atoms. The average molecular weight is 714 g/mol. The number of ketones is 1. The van der Waals surface area contributed by atoms with E-state index in [1.54, 1.807) is 12.0 Å². The number of carbonyl (C=O) groups excluding carboxylic acids is 2. The Bertz CT molecular complexity index is 1820. The number of hydrogen-bond donors (Lipinski definition) is 1. The van der Waals surface area contributed by atoms with Crippen molar-refractivity contribution < 1.29 is 41.8 Å². The molecule has 268 valence electrons. The van der Waals surface area contributed by atoms with E-state index in [2.05, 4.69) is 32.1 Å². The monoisotopic (exact) mass is 713 g/mol. The zero-order valence-corrected chi connectivity index (χ0v) is 29.3. The van der Waals surface area contributed by atoms with E-state index in [-0.39, 0.29) is 51.2 Å². The number of Topliss-reactive ketones (excluding diaryl/α,β-unsaturated/α-hetero) is 1. The van der Waals surface area contributed by atoms with Crippen molar-refractivity contribution in [2.24, 2.45) is 33.5 Å². The van der Waals surface area contributed by atoms with Gasteiger partial charge in [-0.2, -0.15) is 13.2 Å². The van der Waals surface area contributed by atoms with Crippen LogP contribution in [0.4, 0.5) is 18.0 Å². The Hall–Kier alpha value is -3.08. The molecule has 2 heterocycles. The maximum atomic E-state index is 14.9. The summed E-state index contributed by atoms with van der Waals surface area (Å²) in [6.07, 6.45) is 7.03. The van der Waals surface area contributed by atoms with Crippen LogP contribution in [0.25, 0.3) is 11.3 Å². The van der Waals surface area contributed by atoms with Crippen LogP contribution in [0, 0.1) is 33.5 Å². The van der Waals surface area contributed by atoms with Gasteiger partial charge in [0.05, 0.1) is 23.2 Å². The number of methoxy groups -OCH3 is 1. The molecule has 0 radical (unpaired) electrons. The molecule has 4 fully saturated rings. The van der Waals surface area contributed by atoms with Gasteiger partial charge in [0.25, 0.3) is 0 Å². The molecule has 11 heteroatoms. The predicted octanol–water partition coefficient (Wildman–Crippen LogP) is 8.89. The van der Waals surface area contributed by atoms with Gasteiger partial charge < -0.3 is 23.9 Å². The van der Waals surface area contributed by atoms with Crippen LogP contribution in [0.5, 0.6) is 0 Å². The summed E-state index contributed by atoms with van der Waals surface area (Å²) in [5.41, 5.74) is -2.76. The van der Waals surface area contributed by atoms with E-state index < -0.39 is 39.7 Å². The summed E-state index contributed by atoms with van der Waals surface area (Å²) >= 11 is 6.35. The van der Waals surface area contributed by atoms with Crippen LogP contribution in [-0.2, 0) is 15.7 Å². The first kappa shape index (κ1) is 34.0. The highest BCUT2D eigenvalue weighted by Gasteiger charge is 2.76. The quantitative estimate of drug-likeness (QED) is 0.175. The second-order valence-corrected chi connectivity index (χ2v) is 16.5. The van der Waals surface area contributed by atoms with Crippen molar-refractivity contribution >= 4 is 23.5 Å². The molecular formula is C39H43ClF3NO6. The molecule has 1 amide bonds. The Morgan fingerprint density at radius 3 is 2.56 bits per heavy atom. The van der Waals surface area contributed by atoms with E-state index in [1.165, 1.54) is 18.2 Å². The van der Waals surface area contributed by atoms with Crippen molar-refractivity contribution in [3.8, 4) is 11.3 Å². The summed E-state index contributed by atoms with van der Waals surface area (Å²) in [4.78, 5) is 30.0. The Morgan fingerprint density at radius 1 is 1.06 bits per heavy atom. The number of allylic oxidation sites excluding steroid dienone is 4. The van der Waals surface area contributed by atoms with Gasteiger partial charge in [-0.25, -0.2) is 4.79 Å². The lowest BCUT2D eigenvalue weighted by atomic mass is 9.32. The second-order valence-electron chi connectivity index (χ2n) is 16.1. The van der Waals surface area contributed by atoms with Gasteiger partial charge in [0.1, 0.15) is 11.4 Å². The summed E-state index contributed by atoms with van der Waals surface area (Å²) in [7, 11) is 1.64. The van der Waals surface area contributed by atoms with Crippen LogP contribution in [0.3, 0.4) is 0 Å². The van der Waals surface area contributed by atoms with Crippen molar-refractivity contribution in [1.82, 2.24) is 4.90 Å². The number of carbonyl (C=O) groups is 2. The molecule has 8 atom stereocenters. The topological polar surface area (TPSA) is 89.2 Å². The highest BCUT2D eigenvalue weighted by Crippen LogP contribution is 2.79. The van der Waals surface area contributed by atoms with E-state index >= 15 is 0 Å². The fourth-order valence-corrected chi connectivity index (χ4v) is 11.8. The number of rotatable bonds is 7. The standard InChI is InChI=1S/C39H43ClF3NO6/c1-34-12-9-24(45)20-36(34)15-16-38(26(21-36)32(46)29-8-7-28(49-29)25-19-23(39(41,42)43)5-6-27(25)40)30(34)10-13-35(2)31(38)11-14-37(35)22-44(33(47)50-37)17-4-18-48-3/h5-8,15-16,19,21,24,30-31,45H,4,9-14,17-18,20,22H2,1-3H3/t24-,30+,31+,34+,35-,36-,37+,38+/m0/s1. The second kappa shape index (κ2) is 11.2. The SMILES string of the molecule is COCCCN1C[C@@]2(CC[C@H]3[C@]45C=C[C@@]6(C=C4C(=O)c4ccc(-c7cc(C(F)(F)F)ccc7Cl)o4)C[C@@H](O)CC[C@]6(C)[C@H]5CC[C@@]32C)OC1=O. The number of benzene rings is 1. The smallest absolute Gasteiger partial charge is 0.416 e. The predicted molar refractivity (Wildman–Crippen MR) is 179 cm³/mol. The van der Waals surface area contributed by atoms with Gasteiger partial charge in [-0.05, 0) is 98.9 Å². The maximum absolute atomic E-state index is 14.9. The zero-order chi connectivity index (χ0) is 35.5. The molecule has 1 aromatic heterocycles. The van der Waals surface area contributed by atoms with Gasteiger partial charge in [0, 0.05) is 47.6 Å². The molecule has 1 aromatic carbocycles. The molecule has 3 saturated carbocycles. The van der Waals surface area contributed by atoms with E-state index in [0.717, 1.165) is 37.8 Å². The number of alkyl halides is 3. The van der Waals surface area contributed by atoms with Crippen LogP contribution in [0.15, 0.2) is 58.6 Å². The fourth-order valence-electron chi connectivity index (χ4n) is 11.6. The molecule has 1 saturated heterocycles. The van der Waals surface area contributed by atoms with E-state index in [9.17, 15) is 27.9 Å². The zero-order valence-electron chi connectivity index (χ0n) is 28.6. The van der Waals surface area contributed by atoms with Crippen molar-refractivity contribution in [3.05, 3.63) is 70.5 Å². The summed E-state index contributed by atoms with van der Waals surface area (Å²) < 4.78 is 58.5. The molecule has 6 aliphatic carbocycles. The first-order valence-corrected chi connectivity index (χ1v) is 18.1. The van der Waals surface area contributed by atoms with Gasteiger partial charge in [0.2, 0.25) is 5.78 Å². The van der Waals surface area contributed by atoms with Crippen LogP contribution in [0.1, 0.15) is 81.3 Å². The first-order chi connectivity index (χ1) is 23.6. The van der Waals surface area contributed by atoms with Crippen LogP contribution < -0.4 is 0 Å². The highest BCUT2D eigenvalue weighted by atomic mass is 35.5. The Balaban J connectivity index is 1.21. The number of fused-ring (bicyclic) bond motifs is 2. The van der Waals surface area contributed by atoms with Gasteiger partial charge >= 0.3 is 12.3 Å². The lowest BCUT2D eigenvalue weighted by Crippen LogP contribution is -2.67. The van der Waals surface area contributed by atoms with Gasteiger partial charge in [-0.3, -0.25) is 4.79 Å². The molecule has 2 aromatic rings. The minimum atomic E-state index is -4.57. The lowest BCUT2D eigenvalue weighted by Gasteiger charge is -2.71. The number of amides is 1. The van der Waals surface area contributed by atoms with Gasteiger partial charge in [0.15, 0.2) is 5.76 Å². The van der Waals surface area contributed by atoms with Crippen LogP contribution >= 0.6 is 11.6 Å². The summed E-state index contributed by atoms with van der Waals surface area (Å²) in [5, 5.41) is 11.1. The van der Waals surface area contributed by atoms with Crippen molar-refractivity contribution in [2.45, 2.75) is 83.1 Å². The Morgan fingerprint density at radius 2 is 1.80 bits per heavy atom. The minimum Gasteiger partial charge on any atom is -0.453 e. The summed E-state index contributed by atoms with van der Waals surface area (Å²) in [5.74, 6) is -0.149. The summed E-state index contributed by atoms with van der Waals surface area (Å²) in [6.45, 7) is 6.15. The van der Waals surface area contributed by atoms with Crippen molar-refractivity contribution in [1.29, 1.82) is 0 Å². The third-order valence-corrected chi connectivity index (χ3v) is 14.4. The molecule has 7 nitrogen and oxygen atoms in total. The van der Waals surface area contributed by atoms with E-state index in [4.69, 9.17) is 25.5 Å². The van der Waals surface area contributed by atoms with E-state index in [1.807, 2.05) is 0 Å². The van der Waals surface area contributed by atoms with E-state index in [0.29, 0.717) is 51.0 Å². The molecule has 3 spiro atoms. The highest BCUT2D eigenvalue weighted by molar-refractivity contribution is 6.33. The van der Waals surface area contributed by atoms with Crippen molar-refractivity contribution in [2.75, 3.05) is 26.8 Å². The molecule has 9 rings (SSSR count). The molecular weight excluding hydrogens is 671 g/mol. The molecule has 1 N–H and O–H groups in total. The molecule has 1 aliphatic heterocycles. The number of halogens is 4. The molecule has 7 aliphatic rings. The lowest BCUT2D eigenvalue weighted by molar-refractivity contribution is -0.164. The number of aliphatic hydroxyl groups excluding tert-OH is 1. The number of furan rings is 1. The third kappa shape index (κ3) is 4.49. The third-order valence-electron chi connectivity index (χ3n) is 14.1. The maximum Gasteiger partial charge on any atom is 0.416 e. The molecule has 2 bridgehead atoms. The van der Waals surface area contributed by atoms with Crippen molar-refractivity contribution in [3.63, 3.8) is 0 Å². The number of ether oxygens (including phenoxy) is 2. The normalized spacial score (nSPS) is 38.6. The van der Waals surface area contributed by atoms with Crippen LogP contribution in [0.2, 0.25) is 5.02 Å². The fraction of sp³-hybridized carbons (Fsp3) is 0.590. The average Bonchev–Trinajstić information content (AvgIpc) is 3.76. The molecule has 0 unspecified atom stereocenters. The number of hydrogen-bond acceptors (Lipinski definition) is 6. The number of nitrogens with zero attached hydrogens (tertiary/aromatic N) is 1. The van der Waals surface area contributed by atoms with Crippen LogP contribution in [-0.4, -0.2) is 60.4 Å². The summed E-state index contributed by atoms with van der Waals surface area (Å²) in [6, 6.07) is 6.06. The first-order valence-electron chi connectivity index (χ1n) is 17.7. The number of aliphatic hydroxyl groups is 1. The van der Waals surface area contributed by atoms with Gasteiger partial charge in [-0.1, -0.05) is 43.7 Å². The van der Waals surface area contributed by atoms with Gasteiger partial charge in [-0.15, -0.1) is 0 Å². The Labute approximate surface area is 294 Å². The largest absolute Gasteiger partial charge is 0.453 e.